The van der Waals surface area contributed by atoms with Crippen molar-refractivity contribution in [3.63, 3.8) is 0 Å². The standard InChI is InChI=1S/C14H18O2/c1-11-4-2-3-5-12(11)10-14(16)8-6-13(15)7-9-14/h2-5,16H,6-10H2,1H3. The van der Waals surface area contributed by atoms with E-state index in [0.29, 0.717) is 32.1 Å². The fraction of sp³-hybridized carbons (Fsp3) is 0.500. The Morgan fingerprint density at radius 3 is 2.50 bits per heavy atom. The van der Waals surface area contributed by atoms with Gasteiger partial charge in [0.25, 0.3) is 0 Å². The molecule has 1 saturated carbocycles. The number of ketones is 1. The van der Waals surface area contributed by atoms with Crippen molar-refractivity contribution in [1.29, 1.82) is 0 Å². The smallest absolute Gasteiger partial charge is 0.133 e. The van der Waals surface area contributed by atoms with Crippen LogP contribution in [0.3, 0.4) is 0 Å². The lowest BCUT2D eigenvalue weighted by Crippen LogP contribution is -2.36. The summed E-state index contributed by atoms with van der Waals surface area (Å²) >= 11 is 0. The van der Waals surface area contributed by atoms with Crippen LogP contribution in [0.5, 0.6) is 0 Å². The van der Waals surface area contributed by atoms with E-state index in [-0.39, 0.29) is 5.78 Å². The lowest BCUT2D eigenvalue weighted by Gasteiger charge is -2.32. The van der Waals surface area contributed by atoms with Gasteiger partial charge < -0.3 is 5.11 Å². The van der Waals surface area contributed by atoms with Crippen LogP contribution in [0.25, 0.3) is 0 Å². The minimum absolute atomic E-state index is 0.287. The molecule has 0 aliphatic heterocycles. The van der Waals surface area contributed by atoms with E-state index in [1.54, 1.807) is 0 Å². The summed E-state index contributed by atoms with van der Waals surface area (Å²) in [5.74, 6) is 0.287. The van der Waals surface area contributed by atoms with Crippen molar-refractivity contribution in [2.45, 2.75) is 44.6 Å². The number of hydrogen-bond acceptors (Lipinski definition) is 2. The van der Waals surface area contributed by atoms with Gasteiger partial charge in [-0.25, -0.2) is 0 Å². The normalized spacial score (nSPS) is 19.8. The van der Waals surface area contributed by atoms with Gasteiger partial charge in [0.1, 0.15) is 5.78 Å². The van der Waals surface area contributed by atoms with Crippen LogP contribution in [0.1, 0.15) is 36.8 Å². The van der Waals surface area contributed by atoms with Crippen molar-refractivity contribution < 1.29 is 9.90 Å². The maximum atomic E-state index is 11.2. The maximum Gasteiger partial charge on any atom is 0.133 e. The molecule has 1 aliphatic carbocycles. The second-order valence-electron chi connectivity index (χ2n) is 4.87. The van der Waals surface area contributed by atoms with Crippen LogP contribution in [-0.4, -0.2) is 16.5 Å². The van der Waals surface area contributed by atoms with Gasteiger partial charge in [-0.3, -0.25) is 4.79 Å². The van der Waals surface area contributed by atoms with E-state index >= 15 is 0 Å². The average molecular weight is 218 g/mol. The summed E-state index contributed by atoms with van der Waals surface area (Å²) in [7, 11) is 0. The van der Waals surface area contributed by atoms with E-state index in [1.807, 2.05) is 12.1 Å². The van der Waals surface area contributed by atoms with Crippen molar-refractivity contribution >= 4 is 5.78 Å². The van der Waals surface area contributed by atoms with E-state index in [4.69, 9.17) is 0 Å². The third-order valence-electron chi connectivity index (χ3n) is 3.52. The minimum atomic E-state index is -0.667. The lowest BCUT2D eigenvalue weighted by atomic mass is 9.79. The van der Waals surface area contributed by atoms with Crippen LogP contribution in [0.4, 0.5) is 0 Å². The summed E-state index contributed by atoms with van der Waals surface area (Å²) in [6.07, 6.45) is 2.96. The summed E-state index contributed by atoms with van der Waals surface area (Å²) < 4.78 is 0. The van der Waals surface area contributed by atoms with Crippen LogP contribution in [0, 0.1) is 6.92 Å². The number of benzene rings is 1. The molecule has 0 bridgehead atoms. The number of Topliss-reactive ketones (excluding diaryl/α,β-unsaturated/α-hetero) is 1. The summed E-state index contributed by atoms with van der Waals surface area (Å²) in [5.41, 5.74) is 1.74. The van der Waals surface area contributed by atoms with Crippen LogP contribution >= 0.6 is 0 Å². The Bertz CT molecular complexity index is 385. The molecular weight excluding hydrogens is 200 g/mol. The molecule has 1 aliphatic rings. The zero-order valence-corrected chi connectivity index (χ0v) is 9.70. The number of carbonyl (C=O) groups excluding carboxylic acids is 1. The van der Waals surface area contributed by atoms with Crippen molar-refractivity contribution in [2.24, 2.45) is 0 Å². The van der Waals surface area contributed by atoms with E-state index in [0.717, 1.165) is 0 Å². The van der Waals surface area contributed by atoms with Gasteiger partial charge in [-0.1, -0.05) is 24.3 Å². The van der Waals surface area contributed by atoms with Crippen molar-refractivity contribution in [3.05, 3.63) is 35.4 Å². The fourth-order valence-corrected chi connectivity index (χ4v) is 2.33. The molecule has 16 heavy (non-hydrogen) atoms. The van der Waals surface area contributed by atoms with Crippen molar-refractivity contribution in [1.82, 2.24) is 0 Å². The highest BCUT2D eigenvalue weighted by Gasteiger charge is 2.32. The molecule has 1 aromatic rings. The first kappa shape index (κ1) is 11.3. The Morgan fingerprint density at radius 2 is 1.88 bits per heavy atom. The highest BCUT2D eigenvalue weighted by atomic mass is 16.3. The highest BCUT2D eigenvalue weighted by Crippen LogP contribution is 2.30. The Kier molecular flexibility index (Phi) is 3.10. The molecular formula is C14H18O2. The Morgan fingerprint density at radius 1 is 1.25 bits per heavy atom. The van der Waals surface area contributed by atoms with E-state index < -0.39 is 5.60 Å². The topological polar surface area (TPSA) is 37.3 Å². The molecule has 2 rings (SSSR count). The number of rotatable bonds is 2. The molecule has 0 aromatic heterocycles. The Balaban J connectivity index is 2.09. The number of aliphatic hydroxyl groups is 1. The van der Waals surface area contributed by atoms with Gasteiger partial charge >= 0.3 is 0 Å². The SMILES string of the molecule is Cc1ccccc1CC1(O)CCC(=O)CC1. The third-order valence-corrected chi connectivity index (χ3v) is 3.52. The van der Waals surface area contributed by atoms with Crippen molar-refractivity contribution in [3.8, 4) is 0 Å². The van der Waals surface area contributed by atoms with Gasteiger partial charge in [-0.2, -0.15) is 0 Å². The van der Waals surface area contributed by atoms with Gasteiger partial charge in [0.05, 0.1) is 5.60 Å². The molecule has 2 nitrogen and oxygen atoms in total. The summed E-state index contributed by atoms with van der Waals surface area (Å²) in [6.45, 7) is 2.06. The molecule has 86 valence electrons. The maximum absolute atomic E-state index is 11.2. The molecule has 0 heterocycles. The quantitative estimate of drug-likeness (QED) is 0.827. The molecule has 0 spiro atoms. The number of aryl methyl sites for hydroxylation is 1. The molecule has 0 unspecified atom stereocenters. The minimum Gasteiger partial charge on any atom is -0.390 e. The summed E-state index contributed by atoms with van der Waals surface area (Å²) in [5, 5.41) is 10.4. The Labute approximate surface area is 96.3 Å². The predicted molar refractivity (Wildman–Crippen MR) is 63.3 cm³/mol. The summed E-state index contributed by atoms with van der Waals surface area (Å²) in [6, 6.07) is 8.13. The van der Waals surface area contributed by atoms with E-state index in [1.165, 1.54) is 11.1 Å². The zero-order chi connectivity index (χ0) is 11.6. The van der Waals surface area contributed by atoms with Gasteiger partial charge in [0.2, 0.25) is 0 Å². The van der Waals surface area contributed by atoms with Gasteiger partial charge in [-0.05, 0) is 30.9 Å². The first-order valence-electron chi connectivity index (χ1n) is 5.88. The lowest BCUT2D eigenvalue weighted by molar-refractivity contribution is -0.125. The van der Waals surface area contributed by atoms with Gasteiger partial charge in [-0.15, -0.1) is 0 Å². The molecule has 0 atom stereocenters. The molecule has 1 N–H and O–H groups in total. The average Bonchev–Trinajstić information content (AvgIpc) is 2.27. The summed E-state index contributed by atoms with van der Waals surface area (Å²) in [4.78, 5) is 11.2. The molecule has 2 heteroatoms. The van der Waals surface area contributed by atoms with E-state index in [2.05, 4.69) is 19.1 Å². The molecule has 0 radical (unpaired) electrons. The second-order valence-corrected chi connectivity index (χ2v) is 4.87. The molecule has 1 aromatic carbocycles. The Hall–Kier alpha value is -1.15. The predicted octanol–water partition coefficient (Wildman–Crippen LogP) is 2.41. The molecule has 1 fully saturated rings. The van der Waals surface area contributed by atoms with Crippen LogP contribution in [-0.2, 0) is 11.2 Å². The third kappa shape index (κ3) is 2.50. The number of hydrogen-bond donors (Lipinski definition) is 1. The fourth-order valence-electron chi connectivity index (χ4n) is 2.33. The zero-order valence-electron chi connectivity index (χ0n) is 9.70. The van der Waals surface area contributed by atoms with Crippen LogP contribution < -0.4 is 0 Å². The monoisotopic (exact) mass is 218 g/mol. The molecule has 0 saturated heterocycles. The molecule has 0 amide bonds. The van der Waals surface area contributed by atoms with E-state index in [9.17, 15) is 9.90 Å². The number of carbonyl (C=O) groups is 1. The van der Waals surface area contributed by atoms with Crippen LogP contribution in [0.15, 0.2) is 24.3 Å². The largest absolute Gasteiger partial charge is 0.390 e. The van der Waals surface area contributed by atoms with Crippen LogP contribution in [0.2, 0.25) is 0 Å². The second kappa shape index (κ2) is 4.38. The van der Waals surface area contributed by atoms with Gasteiger partial charge in [0.15, 0.2) is 0 Å². The van der Waals surface area contributed by atoms with Gasteiger partial charge in [0, 0.05) is 19.3 Å². The van der Waals surface area contributed by atoms with Crippen molar-refractivity contribution in [2.75, 3.05) is 0 Å². The first-order chi connectivity index (χ1) is 7.59. The highest BCUT2D eigenvalue weighted by molar-refractivity contribution is 5.79. The first-order valence-corrected chi connectivity index (χ1v) is 5.88.